The topological polar surface area (TPSA) is 98.0 Å². The molecule has 1 aromatic carbocycles. The van der Waals surface area contributed by atoms with Crippen LogP contribution >= 0.6 is 11.6 Å². The van der Waals surface area contributed by atoms with Crippen molar-refractivity contribution in [1.82, 2.24) is 14.9 Å². The summed E-state index contributed by atoms with van der Waals surface area (Å²) in [6.45, 7) is 1.98. The summed E-state index contributed by atoms with van der Waals surface area (Å²) in [4.78, 5) is 0.124. The molecule has 0 unspecified atom stereocenters. The molecule has 8 heteroatoms. The van der Waals surface area contributed by atoms with Gasteiger partial charge in [-0.25, -0.2) is 13.1 Å². The van der Waals surface area contributed by atoms with Crippen LogP contribution in [0.5, 0.6) is 0 Å². The normalized spacial score (nSPS) is 11.6. The van der Waals surface area contributed by atoms with E-state index in [4.69, 9.17) is 17.3 Å². The predicted octanol–water partition coefficient (Wildman–Crippen LogP) is 1.38. The second-order valence-corrected chi connectivity index (χ2v) is 6.60. The zero-order valence-electron chi connectivity index (χ0n) is 11.4. The van der Waals surface area contributed by atoms with Crippen LogP contribution in [0.25, 0.3) is 0 Å². The average Bonchev–Trinajstić information content (AvgIpc) is 2.48. The zero-order chi connectivity index (χ0) is 15.5. The van der Waals surface area contributed by atoms with E-state index in [1.54, 1.807) is 25.1 Å². The lowest BCUT2D eigenvalue weighted by molar-refractivity contribution is 0.579. The van der Waals surface area contributed by atoms with Crippen molar-refractivity contribution >= 4 is 21.6 Å². The zero-order valence-corrected chi connectivity index (χ0v) is 12.9. The molecule has 0 radical (unpaired) electrons. The van der Waals surface area contributed by atoms with E-state index in [0.29, 0.717) is 21.8 Å². The molecule has 6 nitrogen and oxygen atoms in total. The summed E-state index contributed by atoms with van der Waals surface area (Å²) in [5, 5.41) is 7.86. The third-order valence-corrected chi connectivity index (χ3v) is 4.76. The second kappa shape index (κ2) is 6.48. The van der Waals surface area contributed by atoms with Crippen LogP contribution in [0, 0.1) is 6.92 Å². The molecule has 0 atom stereocenters. The lowest BCUT2D eigenvalue weighted by Gasteiger charge is -2.12. The summed E-state index contributed by atoms with van der Waals surface area (Å²) in [7, 11) is -3.70. The van der Waals surface area contributed by atoms with Crippen molar-refractivity contribution in [3.8, 4) is 0 Å². The summed E-state index contributed by atoms with van der Waals surface area (Å²) in [5.74, 6) is 0. The van der Waals surface area contributed by atoms with Gasteiger partial charge in [0.15, 0.2) is 0 Å². The summed E-state index contributed by atoms with van der Waals surface area (Å²) in [5.41, 5.74) is 7.42. The van der Waals surface area contributed by atoms with Gasteiger partial charge in [0.05, 0.1) is 17.1 Å². The molecule has 2 aromatic rings. The average molecular weight is 327 g/mol. The Hall–Kier alpha value is -1.54. The molecule has 0 fully saturated rings. The molecule has 112 valence electrons. The molecule has 2 rings (SSSR count). The Bertz CT molecular complexity index is 735. The number of nitrogens with two attached hydrogens (primary N) is 1. The fourth-order valence-corrected chi connectivity index (χ4v) is 3.49. The molecule has 0 aliphatic heterocycles. The molecule has 0 saturated heterocycles. The lowest BCUT2D eigenvalue weighted by Crippen LogP contribution is -2.25. The van der Waals surface area contributed by atoms with Crippen LogP contribution in [-0.2, 0) is 23.1 Å². The van der Waals surface area contributed by atoms with Crippen molar-refractivity contribution in [3.63, 3.8) is 0 Å². The van der Waals surface area contributed by atoms with Crippen LogP contribution in [0.4, 0.5) is 0 Å². The molecule has 0 spiro atoms. The highest BCUT2D eigenvalue weighted by molar-refractivity contribution is 7.89. The maximum atomic E-state index is 12.4. The molecule has 0 aliphatic carbocycles. The summed E-state index contributed by atoms with van der Waals surface area (Å²) in [6.07, 6.45) is 1.52. The highest BCUT2D eigenvalue weighted by Crippen LogP contribution is 2.24. The number of rotatable bonds is 5. The molecule has 0 aliphatic rings. The van der Waals surface area contributed by atoms with Crippen LogP contribution in [0.2, 0.25) is 5.02 Å². The Morgan fingerprint density at radius 2 is 2.14 bits per heavy atom. The highest BCUT2D eigenvalue weighted by atomic mass is 35.5. The van der Waals surface area contributed by atoms with Gasteiger partial charge in [-0.2, -0.15) is 10.2 Å². The maximum absolute atomic E-state index is 12.4. The van der Waals surface area contributed by atoms with Gasteiger partial charge < -0.3 is 5.73 Å². The van der Waals surface area contributed by atoms with Gasteiger partial charge in [-0.1, -0.05) is 11.6 Å². The van der Waals surface area contributed by atoms with Crippen LogP contribution in [-0.4, -0.2) is 18.6 Å². The number of aromatic nitrogens is 2. The molecule has 0 saturated carbocycles. The summed E-state index contributed by atoms with van der Waals surface area (Å²) in [6, 6.07) is 6.45. The molecule has 1 heterocycles. The van der Waals surface area contributed by atoms with Crippen LogP contribution in [0.1, 0.15) is 16.8 Å². The van der Waals surface area contributed by atoms with Gasteiger partial charge in [0.1, 0.15) is 0 Å². The Kier molecular flexibility index (Phi) is 4.89. The lowest BCUT2D eigenvalue weighted by atomic mass is 10.1. The van der Waals surface area contributed by atoms with Crippen molar-refractivity contribution in [2.75, 3.05) is 0 Å². The molecule has 1 aromatic heterocycles. The number of benzene rings is 1. The van der Waals surface area contributed by atoms with Crippen molar-refractivity contribution < 1.29 is 8.42 Å². The van der Waals surface area contributed by atoms with Gasteiger partial charge in [0.25, 0.3) is 0 Å². The Labute approximate surface area is 128 Å². The fraction of sp³-hybridized carbons (Fsp3) is 0.231. The van der Waals surface area contributed by atoms with Crippen LogP contribution in [0.3, 0.4) is 0 Å². The van der Waals surface area contributed by atoms with E-state index in [2.05, 4.69) is 14.9 Å². The van der Waals surface area contributed by atoms with Gasteiger partial charge in [-0.3, -0.25) is 0 Å². The maximum Gasteiger partial charge on any atom is 0.241 e. The monoisotopic (exact) mass is 326 g/mol. The molecular formula is C13H15ClN4O2S. The smallest absolute Gasteiger partial charge is 0.241 e. The minimum Gasteiger partial charge on any atom is -0.326 e. The minimum absolute atomic E-state index is 0.0556. The van der Waals surface area contributed by atoms with Crippen molar-refractivity contribution in [1.29, 1.82) is 0 Å². The van der Waals surface area contributed by atoms with E-state index in [1.165, 1.54) is 12.3 Å². The van der Waals surface area contributed by atoms with E-state index in [9.17, 15) is 8.42 Å². The molecule has 21 heavy (non-hydrogen) atoms. The summed E-state index contributed by atoms with van der Waals surface area (Å²) < 4.78 is 27.3. The first kappa shape index (κ1) is 15.8. The first-order valence-electron chi connectivity index (χ1n) is 6.19. The SMILES string of the molecule is Cc1c(CN)cc(Cl)cc1S(=O)(=O)NCc1cccnn1. The Morgan fingerprint density at radius 1 is 1.38 bits per heavy atom. The van der Waals surface area contributed by atoms with Gasteiger partial charge in [-0.05, 0) is 42.3 Å². The van der Waals surface area contributed by atoms with Crippen LogP contribution < -0.4 is 10.5 Å². The number of nitrogens with one attached hydrogen (secondary N) is 1. The molecule has 0 amide bonds. The van der Waals surface area contributed by atoms with E-state index in [1.807, 2.05) is 0 Å². The van der Waals surface area contributed by atoms with Gasteiger partial charge >= 0.3 is 0 Å². The van der Waals surface area contributed by atoms with Crippen molar-refractivity contribution in [2.24, 2.45) is 5.73 Å². The van der Waals surface area contributed by atoms with Crippen molar-refractivity contribution in [3.05, 3.63) is 52.3 Å². The Balaban J connectivity index is 2.30. The number of hydrogen-bond donors (Lipinski definition) is 2. The van der Waals surface area contributed by atoms with E-state index in [0.717, 1.165) is 0 Å². The molecular weight excluding hydrogens is 312 g/mol. The van der Waals surface area contributed by atoms with E-state index >= 15 is 0 Å². The molecule has 0 bridgehead atoms. The van der Waals surface area contributed by atoms with Gasteiger partial charge in [-0.15, -0.1) is 0 Å². The third-order valence-electron chi connectivity index (χ3n) is 3.01. The molecule has 3 N–H and O–H groups in total. The third kappa shape index (κ3) is 3.76. The first-order valence-corrected chi connectivity index (χ1v) is 8.05. The largest absolute Gasteiger partial charge is 0.326 e. The van der Waals surface area contributed by atoms with Gasteiger partial charge in [0, 0.05) is 17.8 Å². The fourth-order valence-electron chi connectivity index (χ4n) is 1.87. The predicted molar refractivity (Wildman–Crippen MR) is 80.1 cm³/mol. The number of nitrogens with zero attached hydrogens (tertiary/aromatic N) is 2. The number of hydrogen-bond acceptors (Lipinski definition) is 5. The standard InChI is InChI=1S/C13H15ClN4O2S/c1-9-10(7-15)5-11(14)6-13(9)21(19,20)17-8-12-3-2-4-16-18-12/h2-6,17H,7-8,15H2,1H3. The first-order chi connectivity index (χ1) is 9.94. The summed E-state index contributed by atoms with van der Waals surface area (Å²) >= 11 is 5.95. The van der Waals surface area contributed by atoms with Crippen molar-refractivity contribution in [2.45, 2.75) is 24.9 Å². The quantitative estimate of drug-likeness (QED) is 0.865. The van der Waals surface area contributed by atoms with Gasteiger partial charge in [0.2, 0.25) is 10.0 Å². The number of sulfonamides is 1. The minimum atomic E-state index is -3.70. The number of halogens is 1. The van der Waals surface area contributed by atoms with E-state index in [-0.39, 0.29) is 18.0 Å². The van der Waals surface area contributed by atoms with E-state index < -0.39 is 10.0 Å². The Morgan fingerprint density at radius 3 is 2.76 bits per heavy atom. The van der Waals surface area contributed by atoms with Crippen LogP contribution in [0.15, 0.2) is 35.4 Å². The highest BCUT2D eigenvalue weighted by Gasteiger charge is 2.19. The second-order valence-electron chi connectivity index (χ2n) is 4.43.